The number of methoxy groups -OCH3 is 1. The second-order valence-corrected chi connectivity index (χ2v) is 3.62. The van der Waals surface area contributed by atoms with Crippen molar-refractivity contribution in [3.63, 3.8) is 0 Å². The van der Waals surface area contributed by atoms with E-state index in [9.17, 15) is 0 Å². The van der Waals surface area contributed by atoms with Gasteiger partial charge in [-0.2, -0.15) is 0 Å². The van der Waals surface area contributed by atoms with Crippen molar-refractivity contribution >= 4 is 5.96 Å². The smallest absolute Gasteiger partial charge is 0.191 e. The number of guanidine groups is 1. The predicted octanol–water partition coefficient (Wildman–Crippen LogP) is 0.701. The molecule has 17 heavy (non-hydrogen) atoms. The number of aryl methyl sites for hydroxylation is 1. The first-order chi connectivity index (χ1) is 8.26. The summed E-state index contributed by atoms with van der Waals surface area (Å²) in [5.41, 5.74) is 2.02. The average Bonchev–Trinajstić information content (AvgIpc) is 2.34. The Kier molecular flexibility index (Phi) is 6.03. The van der Waals surface area contributed by atoms with Gasteiger partial charge in [-0.1, -0.05) is 6.07 Å². The fourth-order valence-corrected chi connectivity index (χ4v) is 1.36. The van der Waals surface area contributed by atoms with Gasteiger partial charge in [0.15, 0.2) is 5.96 Å². The molecule has 0 aliphatic heterocycles. The molecule has 1 rings (SSSR count). The Morgan fingerprint density at radius 1 is 1.41 bits per heavy atom. The highest BCUT2D eigenvalue weighted by molar-refractivity contribution is 5.79. The maximum absolute atomic E-state index is 4.96. The normalized spacial score (nSPS) is 11.4. The summed E-state index contributed by atoms with van der Waals surface area (Å²) >= 11 is 0. The summed E-state index contributed by atoms with van der Waals surface area (Å²) in [6.07, 6.45) is 0. The van der Waals surface area contributed by atoms with Gasteiger partial charge in [-0.25, -0.2) is 0 Å². The maximum Gasteiger partial charge on any atom is 0.191 e. The number of hydrogen-bond donors (Lipinski definition) is 2. The van der Waals surface area contributed by atoms with Crippen molar-refractivity contribution in [1.29, 1.82) is 0 Å². The Balaban J connectivity index is 2.37. The van der Waals surface area contributed by atoms with Crippen molar-refractivity contribution in [2.45, 2.75) is 13.5 Å². The van der Waals surface area contributed by atoms with Crippen LogP contribution in [-0.2, 0) is 11.3 Å². The molecule has 0 spiro atoms. The molecule has 0 aromatic carbocycles. The molecular formula is C12H20N4O. The van der Waals surface area contributed by atoms with Gasteiger partial charge in [0.2, 0.25) is 0 Å². The molecule has 1 aromatic heterocycles. The molecule has 0 bridgehead atoms. The van der Waals surface area contributed by atoms with Gasteiger partial charge in [0.25, 0.3) is 0 Å². The number of aromatic nitrogens is 1. The highest BCUT2D eigenvalue weighted by atomic mass is 16.5. The van der Waals surface area contributed by atoms with E-state index in [0.717, 1.165) is 23.9 Å². The summed E-state index contributed by atoms with van der Waals surface area (Å²) in [5, 5.41) is 6.33. The monoisotopic (exact) mass is 236 g/mol. The highest BCUT2D eigenvalue weighted by Crippen LogP contribution is 1.97. The van der Waals surface area contributed by atoms with Crippen LogP contribution in [0.1, 0.15) is 11.4 Å². The van der Waals surface area contributed by atoms with E-state index in [2.05, 4.69) is 20.6 Å². The SMILES string of the molecule is CN=C(NCCOC)NCc1cccc(C)n1. The molecule has 0 fully saturated rings. The van der Waals surface area contributed by atoms with Gasteiger partial charge < -0.3 is 15.4 Å². The molecule has 0 atom stereocenters. The molecule has 0 radical (unpaired) electrons. The van der Waals surface area contributed by atoms with E-state index in [1.165, 1.54) is 0 Å². The van der Waals surface area contributed by atoms with Crippen molar-refractivity contribution in [1.82, 2.24) is 15.6 Å². The van der Waals surface area contributed by atoms with Crippen molar-refractivity contribution < 1.29 is 4.74 Å². The second-order valence-electron chi connectivity index (χ2n) is 3.62. The third-order valence-corrected chi connectivity index (χ3v) is 2.21. The van der Waals surface area contributed by atoms with E-state index < -0.39 is 0 Å². The van der Waals surface area contributed by atoms with Gasteiger partial charge in [-0.15, -0.1) is 0 Å². The number of ether oxygens (including phenoxy) is 1. The van der Waals surface area contributed by atoms with Crippen molar-refractivity contribution in [3.8, 4) is 0 Å². The van der Waals surface area contributed by atoms with Crippen LogP contribution in [0.5, 0.6) is 0 Å². The topological polar surface area (TPSA) is 58.5 Å². The molecule has 5 nitrogen and oxygen atoms in total. The Morgan fingerprint density at radius 3 is 2.88 bits per heavy atom. The first-order valence-electron chi connectivity index (χ1n) is 5.62. The third kappa shape index (κ3) is 5.31. The lowest BCUT2D eigenvalue weighted by atomic mass is 10.3. The number of hydrogen-bond acceptors (Lipinski definition) is 3. The Bertz CT molecular complexity index is 365. The molecule has 0 saturated heterocycles. The zero-order chi connectivity index (χ0) is 12.5. The van der Waals surface area contributed by atoms with Crippen LogP contribution < -0.4 is 10.6 Å². The fourth-order valence-electron chi connectivity index (χ4n) is 1.36. The number of pyridine rings is 1. The summed E-state index contributed by atoms with van der Waals surface area (Å²) in [7, 11) is 3.42. The molecule has 2 N–H and O–H groups in total. The molecule has 1 aromatic rings. The molecule has 0 saturated carbocycles. The van der Waals surface area contributed by atoms with Gasteiger partial charge >= 0.3 is 0 Å². The summed E-state index contributed by atoms with van der Waals surface area (Å²) in [6.45, 7) is 4.03. The first-order valence-corrected chi connectivity index (χ1v) is 5.62. The van der Waals surface area contributed by atoms with E-state index in [-0.39, 0.29) is 0 Å². The number of aliphatic imine (C=N–C) groups is 1. The lowest BCUT2D eigenvalue weighted by molar-refractivity contribution is 0.203. The Morgan fingerprint density at radius 2 is 2.24 bits per heavy atom. The van der Waals surface area contributed by atoms with E-state index in [0.29, 0.717) is 13.2 Å². The highest BCUT2D eigenvalue weighted by Gasteiger charge is 1.98. The van der Waals surface area contributed by atoms with Crippen LogP contribution in [0.15, 0.2) is 23.2 Å². The van der Waals surface area contributed by atoms with Crippen LogP contribution in [-0.4, -0.2) is 38.3 Å². The summed E-state index contributed by atoms with van der Waals surface area (Å²) in [6, 6.07) is 5.97. The van der Waals surface area contributed by atoms with Crippen LogP contribution >= 0.6 is 0 Å². The minimum absolute atomic E-state index is 0.656. The molecule has 0 aliphatic rings. The van der Waals surface area contributed by atoms with E-state index >= 15 is 0 Å². The second kappa shape index (κ2) is 7.62. The zero-order valence-corrected chi connectivity index (χ0v) is 10.7. The van der Waals surface area contributed by atoms with Gasteiger partial charge in [0.1, 0.15) is 0 Å². The molecule has 94 valence electrons. The van der Waals surface area contributed by atoms with Crippen molar-refractivity contribution in [3.05, 3.63) is 29.6 Å². The van der Waals surface area contributed by atoms with Gasteiger partial charge in [-0.3, -0.25) is 9.98 Å². The standard InChI is InChI=1S/C12H20N4O/c1-10-5-4-6-11(16-10)9-15-12(13-2)14-7-8-17-3/h4-6H,7-9H2,1-3H3,(H2,13,14,15). The quantitative estimate of drug-likeness (QED) is 0.449. The van der Waals surface area contributed by atoms with E-state index in [1.807, 2.05) is 25.1 Å². The molecule has 0 unspecified atom stereocenters. The van der Waals surface area contributed by atoms with E-state index in [4.69, 9.17) is 4.74 Å². The van der Waals surface area contributed by atoms with Gasteiger partial charge in [0, 0.05) is 26.4 Å². The van der Waals surface area contributed by atoms with Crippen LogP contribution in [0, 0.1) is 6.92 Å². The minimum Gasteiger partial charge on any atom is -0.383 e. The Labute approximate surface area is 102 Å². The molecule has 1 heterocycles. The molecule has 0 aliphatic carbocycles. The number of nitrogens with one attached hydrogen (secondary N) is 2. The lowest BCUT2D eigenvalue weighted by Crippen LogP contribution is -2.38. The number of rotatable bonds is 5. The minimum atomic E-state index is 0.656. The van der Waals surface area contributed by atoms with Crippen LogP contribution in [0.4, 0.5) is 0 Å². The molecular weight excluding hydrogens is 216 g/mol. The first kappa shape index (κ1) is 13.4. The third-order valence-electron chi connectivity index (χ3n) is 2.21. The predicted molar refractivity (Wildman–Crippen MR) is 69.1 cm³/mol. The summed E-state index contributed by atoms with van der Waals surface area (Å²) in [5.74, 6) is 0.755. The van der Waals surface area contributed by atoms with Crippen molar-refractivity contribution in [2.24, 2.45) is 4.99 Å². The molecule has 5 heteroatoms. The largest absolute Gasteiger partial charge is 0.383 e. The van der Waals surface area contributed by atoms with Crippen LogP contribution in [0.3, 0.4) is 0 Å². The maximum atomic E-state index is 4.96. The van der Waals surface area contributed by atoms with Gasteiger partial charge in [-0.05, 0) is 19.1 Å². The summed E-state index contributed by atoms with van der Waals surface area (Å²) < 4.78 is 4.96. The van der Waals surface area contributed by atoms with Crippen LogP contribution in [0.2, 0.25) is 0 Å². The number of nitrogens with zero attached hydrogens (tertiary/aromatic N) is 2. The summed E-state index contributed by atoms with van der Waals surface area (Å²) in [4.78, 5) is 8.51. The Hall–Kier alpha value is -1.62. The van der Waals surface area contributed by atoms with Crippen LogP contribution in [0.25, 0.3) is 0 Å². The average molecular weight is 236 g/mol. The van der Waals surface area contributed by atoms with Crippen molar-refractivity contribution in [2.75, 3.05) is 27.3 Å². The lowest BCUT2D eigenvalue weighted by Gasteiger charge is -2.11. The zero-order valence-electron chi connectivity index (χ0n) is 10.7. The van der Waals surface area contributed by atoms with E-state index in [1.54, 1.807) is 14.2 Å². The molecule has 0 amide bonds. The fraction of sp³-hybridized carbons (Fsp3) is 0.500. The van der Waals surface area contributed by atoms with Gasteiger partial charge in [0.05, 0.1) is 18.8 Å².